The molecule has 3 aromatic rings. The van der Waals surface area contributed by atoms with Crippen molar-refractivity contribution in [3.63, 3.8) is 0 Å². The molecule has 4 rings (SSSR count). The van der Waals surface area contributed by atoms with E-state index in [0.29, 0.717) is 24.5 Å². The standard InChI is InChI=1S/C27H25NO4/c1-30-25-17-22-15-16-28(27(29)32-19-21-11-7-4-8-12-21)24(23(22)18-26(25)31-2)14-13-20-9-5-3-6-10-20/h3-12,17-18,24H,15-16,19H2,1-2H3. The minimum absolute atomic E-state index is 0.216. The summed E-state index contributed by atoms with van der Waals surface area (Å²) in [6.07, 6.45) is 0.293. The highest BCUT2D eigenvalue weighted by Gasteiger charge is 2.32. The van der Waals surface area contributed by atoms with Gasteiger partial charge in [0.25, 0.3) is 0 Å². The van der Waals surface area contributed by atoms with Crippen LogP contribution in [0.1, 0.15) is 28.3 Å². The fourth-order valence-electron chi connectivity index (χ4n) is 3.77. The van der Waals surface area contributed by atoms with Gasteiger partial charge >= 0.3 is 6.09 Å². The fraction of sp³-hybridized carbons (Fsp3) is 0.222. The average Bonchev–Trinajstić information content (AvgIpc) is 2.86. The van der Waals surface area contributed by atoms with Gasteiger partial charge in [-0.2, -0.15) is 0 Å². The minimum atomic E-state index is -0.456. The van der Waals surface area contributed by atoms with Crippen molar-refractivity contribution in [2.24, 2.45) is 0 Å². The lowest BCUT2D eigenvalue weighted by Crippen LogP contribution is -2.40. The lowest BCUT2D eigenvalue weighted by Gasteiger charge is -2.34. The number of hydrogen-bond donors (Lipinski definition) is 0. The third-order valence-corrected chi connectivity index (χ3v) is 5.44. The average molecular weight is 428 g/mol. The number of rotatable bonds is 4. The van der Waals surface area contributed by atoms with E-state index in [2.05, 4.69) is 11.8 Å². The van der Waals surface area contributed by atoms with E-state index in [1.165, 1.54) is 0 Å². The minimum Gasteiger partial charge on any atom is -0.493 e. The molecule has 0 fully saturated rings. The molecule has 5 heteroatoms. The van der Waals surface area contributed by atoms with Crippen LogP contribution in [0.5, 0.6) is 11.5 Å². The Labute approximate surface area is 188 Å². The second-order valence-corrected chi connectivity index (χ2v) is 7.43. The Hall–Kier alpha value is -3.91. The maximum absolute atomic E-state index is 13.1. The number of carbonyl (C=O) groups excluding carboxylic acids is 1. The van der Waals surface area contributed by atoms with Crippen LogP contribution in [0.25, 0.3) is 0 Å². The number of fused-ring (bicyclic) bond motifs is 1. The summed E-state index contributed by atoms with van der Waals surface area (Å²) in [6.45, 7) is 0.720. The third-order valence-electron chi connectivity index (χ3n) is 5.44. The molecule has 0 radical (unpaired) electrons. The smallest absolute Gasteiger partial charge is 0.411 e. The molecule has 1 atom stereocenters. The Morgan fingerprint density at radius 1 is 0.969 bits per heavy atom. The summed E-state index contributed by atoms with van der Waals surface area (Å²) in [5, 5.41) is 0. The highest BCUT2D eigenvalue weighted by atomic mass is 16.6. The topological polar surface area (TPSA) is 48.0 Å². The lowest BCUT2D eigenvalue weighted by molar-refractivity contribution is 0.0861. The third kappa shape index (κ3) is 4.70. The molecule has 0 spiro atoms. The molecule has 0 saturated heterocycles. The summed E-state index contributed by atoms with van der Waals surface area (Å²) in [5.41, 5.74) is 3.84. The van der Waals surface area contributed by atoms with Gasteiger partial charge in [-0.15, -0.1) is 0 Å². The van der Waals surface area contributed by atoms with Crippen LogP contribution in [0.4, 0.5) is 4.79 Å². The van der Waals surface area contributed by atoms with Crippen LogP contribution >= 0.6 is 0 Å². The van der Waals surface area contributed by atoms with Gasteiger partial charge in [0, 0.05) is 12.1 Å². The molecule has 5 nitrogen and oxygen atoms in total. The van der Waals surface area contributed by atoms with Gasteiger partial charge in [0.2, 0.25) is 0 Å². The number of carbonyl (C=O) groups is 1. The lowest BCUT2D eigenvalue weighted by atomic mass is 9.92. The molecule has 0 aromatic heterocycles. The normalized spacial score (nSPS) is 14.6. The molecule has 0 N–H and O–H groups in total. The number of methoxy groups -OCH3 is 2. The van der Waals surface area contributed by atoms with Gasteiger partial charge in [0.1, 0.15) is 12.6 Å². The summed E-state index contributed by atoms with van der Waals surface area (Å²) in [4.78, 5) is 14.7. The maximum Gasteiger partial charge on any atom is 0.411 e. The molecule has 32 heavy (non-hydrogen) atoms. The first-order valence-corrected chi connectivity index (χ1v) is 10.5. The van der Waals surface area contributed by atoms with Gasteiger partial charge in [-0.3, -0.25) is 4.90 Å². The molecule has 0 bridgehead atoms. The van der Waals surface area contributed by atoms with Crippen LogP contribution in [0, 0.1) is 11.8 Å². The highest BCUT2D eigenvalue weighted by Crippen LogP contribution is 2.38. The Balaban J connectivity index is 1.66. The van der Waals surface area contributed by atoms with E-state index in [4.69, 9.17) is 14.2 Å². The molecule has 1 aliphatic rings. The van der Waals surface area contributed by atoms with Gasteiger partial charge < -0.3 is 14.2 Å². The summed E-state index contributed by atoms with van der Waals surface area (Å²) >= 11 is 0. The Morgan fingerprint density at radius 2 is 1.62 bits per heavy atom. The predicted molar refractivity (Wildman–Crippen MR) is 123 cm³/mol. The van der Waals surface area contributed by atoms with E-state index in [1.807, 2.05) is 72.8 Å². The van der Waals surface area contributed by atoms with Crippen LogP contribution in [-0.4, -0.2) is 31.8 Å². The van der Waals surface area contributed by atoms with E-state index >= 15 is 0 Å². The van der Waals surface area contributed by atoms with Crippen molar-refractivity contribution in [2.45, 2.75) is 19.1 Å². The molecule has 0 aliphatic carbocycles. The largest absolute Gasteiger partial charge is 0.493 e. The zero-order valence-electron chi connectivity index (χ0n) is 18.2. The van der Waals surface area contributed by atoms with Crippen LogP contribution in [0.3, 0.4) is 0 Å². The summed E-state index contributed by atoms with van der Waals surface area (Å²) in [7, 11) is 3.22. The maximum atomic E-state index is 13.1. The van der Waals surface area contributed by atoms with Crippen molar-refractivity contribution < 1.29 is 19.0 Å². The molecule has 1 heterocycles. The molecule has 162 valence electrons. The Kier molecular flexibility index (Phi) is 6.62. The van der Waals surface area contributed by atoms with Crippen LogP contribution in [0.2, 0.25) is 0 Å². The quantitative estimate of drug-likeness (QED) is 0.551. The molecule has 1 unspecified atom stereocenters. The van der Waals surface area contributed by atoms with Gasteiger partial charge in [0.15, 0.2) is 11.5 Å². The van der Waals surface area contributed by atoms with Gasteiger partial charge in [-0.25, -0.2) is 4.79 Å². The molecular formula is C27H25NO4. The molecule has 3 aromatic carbocycles. The molecule has 1 amide bonds. The van der Waals surface area contributed by atoms with Gasteiger partial charge in [0.05, 0.1) is 14.2 Å². The summed E-state index contributed by atoms with van der Waals surface area (Å²) in [6, 6.07) is 22.8. The first-order valence-electron chi connectivity index (χ1n) is 10.5. The number of ether oxygens (including phenoxy) is 3. The van der Waals surface area contributed by atoms with Crippen molar-refractivity contribution in [3.8, 4) is 23.3 Å². The monoisotopic (exact) mass is 427 g/mol. The second-order valence-electron chi connectivity index (χ2n) is 7.43. The fourth-order valence-corrected chi connectivity index (χ4v) is 3.77. The van der Waals surface area contributed by atoms with Crippen molar-refractivity contribution in [1.29, 1.82) is 0 Å². The van der Waals surface area contributed by atoms with Crippen molar-refractivity contribution in [2.75, 3.05) is 20.8 Å². The number of benzene rings is 3. The predicted octanol–water partition coefficient (Wildman–Crippen LogP) is 4.99. The SMILES string of the molecule is COc1cc2c(cc1OC)C(C#Cc1ccccc1)N(C(=O)OCc1ccccc1)CC2. The van der Waals surface area contributed by atoms with E-state index < -0.39 is 6.04 Å². The van der Waals surface area contributed by atoms with E-state index in [-0.39, 0.29) is 12.7 Å². The second kappa shape index (κ2) is 9.93. The number of hydrogen-bond acceptors (Lipinski definition) is 4. The first kappa shape index (κ1) is 21.3. The molecule has 0 saturated carbocycles. The van der Waals surface area contributed by atoms with Crippen molar-refractivity contribution in [3.05, 3.63) is 95.1 Å². The molecule has 1 aliphatic heterocycles. The zero-order chi connectivity index (χ0) is 22.3. The van der Waals surface area contributed by atoms with E-state index in [0.717, 1.165) is 22.3 Å². The summed E-state index contributed by atoms with van der Waals surface area (Å²) in [5.74, 6) is 7.78. The van der Waals surface area contributed by atoms with Crippen LogP contribution in [-0.2, 0) is 17.8 Å². The Bertz CT molecular complexity index is 1130. The van der Waals surface area contributed by atoms with Crippen molar-refractivity contribution >= 4 is 6.09 Å². The van der Waals surface area contributed by atoms with E-state index in [1.54, 1.807) is 19.1 Å². The zero-order valence-corrected chi connectivity index (χ0v) is 18.2. The van der Waals surface area contributed by atoms with Crippen LogP contribution < -0.4 is 9.47 Å². The van der Waals surface area contributed by atoms with E-state index in [9.17, 15) is 4.79 Å². The van der Waals surface area contributed by atoms with Gasteiger partial charge in [-0.1, -0.05) is 60.4 Å². The number of nitrogens with zero attached hydrogens (tertiary/aromatic N) is 1. The van der Waals surface area contributed by atoms with Gasteiger partial charge in [-0.05, 0) is 47.4 Å². The van der Waals surface area contributed by atoms with Crippen molar-refractivity contribution in [1.82, 2.24) is 4.90 Å². The Morgan fingerprint density at radius 3 is 2.31 bits per heavy atom. The highest BCUT2D eigenvalue weighted by molar-refractivity contribution is 5.70. The first-order chi connectivity index (χ1) is 15.7. The summed E-state index contributed by atoms with van der Waals surface area (Å²) < 4.78 is 16.6. The number of amides is 1. The van der Waals surface area contributed by atoms with Crippen LogP contribution in [0.15, 0.2) is 72.8 Å². The molecular weight excluding hydrogens is 402 g/mol.